The van der Waals surface area contributed by atoms with Crippen molar-refractivity contribution in [1.82, 2.24) is 19.7 Å². The molecule has 0 spiro atoms. The van der Waals surface area contributed by atoms with E-state index in [0.29, 0.717) is 11.8 Å². The van der Waals surface area contributed by atoms with Crippen LogP contribution >= 0.6 is 0 Å². The molecule has 0 aromatic carbocycles. The first-order chi connectivity index (χ1) is 9.57. The fourth-order valence-electron chi connectivity index (χ4n) is 3.19. The molecule has 20 heavy (non-hydrogen) atoms. The Balaban J connectivity index is 1.61. The van der Waals surface area contributed by atoms with Gasteiger partial charge in [-0.2, -0.15) is 5.10 Å². The number of carbonyl (C=O) groups excluding carboxylic acids is 1. The summed E-state index contributed by atoms with van der Waals surface area (Å²) in [7, 11) is 0. The number of rotatable bonds is 4. The molecule has 3 rings (SSSR count). The van der Waals surface area contributed by atoms with Crippen LogP contribution in [0, 0.1) is 11.8 Å². The van der Waals surface area contributed by atoms with Gasteiger partial charge in [0.1, 0.15) is 12.7 Å². The fraction of sp³-hybridized carbons (Fsp3) is 0.786. The molecule has 6 heteroatoms. The molecule has 0 bridgehead atoms. The highest BCUT2D eigenvalue weighted by molar-refractivity contribution is 5.86. The van der Waals surface area contributed by atoms with E-state index in [0.717, 1.165) is 45.3 Å². The number of hydrogen-bond donors (Lipinski definition) is 1. The van der Waals surface area contributed by atoms with E-state index in [4.69, 9.17) is 5.73 Å². The van der Waals surface area contributed by atoms with Crippen molar-refractivity contribution in [2.24, 2.45) is 17.6 Å². The van der Waals surface area contributed by atoms with Gasteiger partial charge in [0.2, 0.25) is 5.91 Å². The van der Waals surface area contributed by atoms with E-state index in [-0.39, 0.29) is 5.91 Å². The molecule has 2 aliphatic rings. The lowest BCUT2D eigenvalue weighted by molar-refractivity contribution is -0.139. The normalized spacial score (nSPS) is 26.3. The molecule has 1 aliphatic carbocycles. The molecule has 1 aromatic rings. The first kappa shape index (κ1) is 13.5. The molecule has 1 aliphatic heterocycles. The lowest BCUT2D eigenvalue weighted by Crippen LogP contribution is -2.57. The molecule has 110 valence electrons. The summed E-state index contributed by atoms with van der Waals surface area (Å²) in [5.74, 6) is 0.957. The van der Waals surface area contributed by atoms with Crippen molar-refractivity contribution in [2.75, 3.05) is 13.1 Å². The number of hydrogen-bond acceptors (Lipinski definition) is 4. The van der Waals surface area contributed by atoms with Gasteiger partial charge in [0.15, 0.2) is 0 Å². The molecule has 2 heterocycles. The van der Waals surface area contributed by atoms with Crippen LogP contribution in [-0.4, -0.2) is 44.2 Å². The van der Waals surface area contributed by atoms with Crippen LogP contribution in [0.3, 0.4) is 0 Å². The zero-order valence-electron chi connectivity index (χ0n) is 12.0. The van der Waals surface area contributed by atoms with Gasteiger partial charge in [-0.15, -0.1) is 0 Å². The minimum absolute atomic E-state index is 0.128. The second kappa shape index (κ2) is 5.16. The number of piperidine rings is 1. The van der Waals surface area contributed by atoms with Gasteiger partial charge in [0.25, 0.3) is 0 Å². The minimum Gasteiger partial charge on any atom is -0.341 e. The van der Waals surface area contributed by atoms with Gasteiger partial charge in [0.05, 0.1) is 5.54 Å². The number of nitrogens with zero attached hydrogens (tertiary/aromatic N) is 4. The predicted octanol–water partition coefficient (Wildman–Crippen LogP) is 0.644. The molecular formula is C14H23N5O. The Morgan fingerprint density at radius 2 is 2.25 bits per heavy atom. The highest BCUT2D eigenvalue weighted by Crippen LogP contribution is 2.39. The van der Waals surface area contributed by atoms with E-state index in [9.17, 15) is 4.79 Å². The Morgan fingerprint density at radius 3 is 2.90 bits per heavy atom. The third kappa shape index (κ3) is 2.70. The summed E-state index contributed by atoms with van der Waals surface area (Å²) in [5, 5.41) is 4.14. The third-order valence-electron chi connectivity index (χ3n) is 4.60. The summed E-state index contributed by atoms with van der Waals surface area (Å²) in [6, 6.07) is 0. The number of carbonyl (C=O) groups is 1. The van der Waals surface area contributed by atoms with E-state index >= 15 is 0 Å². The van der Waals surface area contributed by atoms with E-state index in [1.54, 1.807) is 12.7 Å². The van der Waals surface area contributed by atoms with Crippen LogP contribution in [0.1, 0.15) is 32.6 Å². The molecule has 1 saturated heterocycles. The standard InChI is InChI=1S/C14H23N5O/c1-14(15,12-4-5-12)13(20)18-6-2-3-11(7-18)8-19-10-16-9-17-19/h9-12H,2-8,15H2,1H3/t11-,14-/m1/s1. The van der Waals surface area contributed by atoms with Gasteiger partial charge >= 0.3 is 0 Å². The highest BCUT2D eigenvalue weighted by atomic mass is 16.2. The average molecular weight is 277 g/mol. The molecule has 0 radical (unpaired) electrons. The van der Waals surface area contributed by atoms with Crippen LogP contribution in [-0.2, 0) is 11.3 Å². The van der Waals surface area contributed by atoms with E-state index < -0.39 is 5.54 Å². The molecule has 1 saturated carbocycles. The molecule has 1 aromatic heterocycles. The summed E-state index contributed by atoms with van der Waals surface area (Å²) in [5.41, 5.74) is 5.59. The summed E-state index contributed by atoms with van der Waals surface area (Å²) in [6.45, 7) is 4.35. The van der Waals surface area contributed by atoms with Crippen molar-refractivity contribution in [2.45, 2.75) is 44.7 Å². The van der Waals surface area contributed by atoms with Crippen LogP contribution in [0.25, 0.3) is 0 Å². The van der Waals surface area contributed by atoms with Gasteiger partial charge in [0, 0.05) is 19.6 Å². The molecule has 6 nitrogen and oxygen atoms in total. The van der Waals surface area contributed by atoms with Gasteiger partial charge in [-0.1, -0.05) is 0 Å². The number of likely N-dealkylation sites (tertiary alicyclic amines) is 1. The van der Waals surface area contributed by atoms with Crippen LogP contribution in [0.5, 0.6) is 0 Å². The lowest BCUT2D eigenvalue weighted by atomic mass is 9.92. The second-order valence-corrected chi connectivity index (χ2v) is 6.43. The zero-order valence-corrected chi connectivity index (χ0v) is 12.0. The topological polar surface area (TPSA) is 77.0 Å². The molecule has 1 amide bonds. The first-order valence-electron chi connectivity index (χ1n) is 7.48. The SMILES string of the molecule is C[C@](N)(C(=O)N1CCC[C@@H](Cn2cncn2)C1)C1CC1. The van der Waals surface area contributed by atoms with Crippen LogP contribution in [0.2, 0.25) is 0 Å². The van der Waals surface area contributed by atoms with E-state index in [1.165, 1.54) is 0 Å². The van der Waals surface area contributed by atoms with Gasteiger partial charge in [-0.05, 0) is 44.4 Å². The van der Waals surface area contributed by atoms with Crippen LogP contribution < -0.4 is 5.73 Å². The maximum absolute atomic E-state index is 12.6. The Labute approximate surface area is 119 Å². The van der Waals surface area contributed by atoms with Gasteiger partial charge < -0.3 is 10.6 Å². The van der Waals surface area contributed by atoms with Gasteiger partial charge in [-0.3, -0.25) is 9.48 Å². The molecule has 2 atom stereocenters. The van der Waals surface area contributed by atoms with Gasteiger partial charge in [-0.25, -0.2) is 4.98 Å². The average Bonchev–Trinajstić information content (AvgIpc) is 3.19. The summed E-state index contributed by atoms with van der Waals surface area (Å²) < 4.78 is 1.85. The zero-order chi connectivity index (χ0) is 14.2. The molecule has 2 N–H and O–H groups in total. The van der Waals surface area contributed by atoms with Crippen molar-refractivity contribution in [3.8, 4) is 0 Å². The summed E-state index contributed by atoms with van der Waals surface area (Å²) in [6.07, 6.45) is 7.65. The number of aromatic nitrogens is 3. The quantitative estimate of drug-likeness (QED) is 0.876. The third-order valence-corrected chi connectivity index (χ3v) is 4.60. The Morgan fingerprint density at radius 1 is 1.45 bits per heavy atom. The maximum atomic E-state index is 12.6. The number of nitrogens with two attached hydrogens (primary N) is 1. The largest absolute Gasteiger partial charge is 0.341 e. The number of amides is 1. The van der Waals surface area contributed by atoms with E-state index in [2.05, 4.69) is 10.1 Å². The Kier molecular flexibility index (Phi) is 3.50. The monoisotopic (exact) mass is 277 g/mol. The smallest absolute Gasteiger partial charge is 0.242 e. The fourth-order valence-corrected chi connectivity index (χ4v) is 3.19. The maximum Gasteiger partial charge on any atom is 0.242 e. The summed E-state index contributed by atoms with van der Waals surface area (Å²) in [4.78, 5) is 18.5. The van der Waals surface area contributed by atoms with Crippen molar-refractivity contribution >= 4 is 5.91 Å². The first-order valence-corrected chi connectivity index (χ1v) is 7.48. The molecule has 0 unspecified atom stereocenters. The minimum atomic E-state index is -0.671. The Bertz CT molecular complexity index is 466. The van der Waals surface area contributed by atoms with Crippen LogP contribution in [0.4, 0.5) is 0 Å². The van der Waals surface area contributed by atoms with Crippen molar-refractivity contribution in [1.29, 1.82) is 0 Å². The van der Waals surface area contributed by atoms with Crippen molar-refractivity contribution in [3.05, 3.63) is 12.7 Å². The second-order valence-electron chi connectivity index (χ2n) is 6.43. The highest BCUT2D eigenvalue weighted by Gasteiger charge is 2.46. The molecule has 2 fully saturated rings. The molecular weight excluding hydrogens is 254 g/mol. The summed E-state index contributed by atoms with van der Waals surface area (Å²) >= 11 is 0. The Hall–Kier alpha value is -1.43. The van der Waals surface area contributed by atoms with Crippen molar-refractivity contribution in [3.63, 3.8) is 0 Å². The van der Waals surface area contributed by atoms with E-state index in [1.807, 2.05) is 16.5 Å². The van der Waals surface area contributed by atoms with Crippen LogP contribution in [0.15, 0.2) is 12.7 Å². The van der Waals surface area contributed by atoms with Crippen molar-refractivity contribution < 1.29 is 4.79 Å². The lowest BCUT2D eigenvalue weighted by Gasteiger charge is -2.37. The predicted molar refractivity (Wildman–Crippen MR) is 74.6 cm³/mol.